The van der Waals surface area contributed by atoms with Crippen LogP contribution in [0, 0.1) is 0 Å². The van der Waals surface area contributed by atoms with Gasteiger partial charge in [-0.1, -0.05) is 17.7 Å². The average molecular weight is 545 g/mol. The van der Waals surface area contributed by atoms with Crippen LogP contribution in [0.15, 0.2) is 73.4 Å². The minimum absolute atomic E-state index is 0.104. The highest BCUT2D eigenvalue weighted by Gasteiger charge is 2.20. The van der Waals surface area contributed by atoms with Gasteiger partial charge >= 0.3 is 11.7 Å². The Balaban J connectivity index is 1.37. The van der Waals surface area contributed by atoms with Crippen molar-refractivity contribution in [3.8, 4) is 5.69 Å². The molecule has 4 aromatic rings. The zero-order valence-electron chi connectivity index (χ0n) is 18.2. The molecule has 1 aliphatic heterocycles. The van der Waals surface area contributed by atoms with Crippen molar-refractivity contribution in [2.75, 3.05) is 18.4 Å². The van der Waals surface area contributed by atoms with Gasteiger partial charge in [-0.3, -0.25) is 9.79 Å². The molecule has 0 aliphatic carbocycles. The molecule has 0 saturated heterocycles. The van der Waals surface area contributed by atoms with E-state index in [1.807, 2.05) is 4.72 Å². The van der Waals surface area contributed by atoms with E-state index in [9.17, 15) is 22.8 Å². The minimum atomic E-state index is -4.08. The van der Waals surface area contributed by atoms with Crippen LogP contribution in [0.3, 0.4) is 0 Å². The summed E-state index contributed by atoms with van der Waals surface area (Å²) in [7, 11) is -4.08. The maximum absolute atomic E-state index is 13.1. The van der Waals surface area contributed by atoms with Gasteiger partial charge in [-0.25, -0.2) is 27.3 Å². The fraction of sp³-hybridized carbons (Fsp3) is 0.0909. The van der Waals surface area contributed by atoms with Crippen LogP contribution in [0.5, 0.6) is 0 Å². The molecule has 14 heteroatoms. The predicted octanol–water partition coefficient (Wildman–Crippen LogP) is 2.25. The Bertz CT molecular complexity index is 1760. The quantitative estimate of drug-likeness (QED) is 0.302. The number of hydrogen-bond donors (Lipinski definition) is 4. The molecule has 4 N–H and O–H groups in total. The first-order valence-corrected chi connectivity index (χ1v) is 13.2. The summed E-state index contributed by atoms with van der Waals surface area (Å²) in [5, 5.41) is 5.86. The molecular formula is C22H17ClN6O5S2. The van der Waals surface area contributed by atoms with E-state index in [1.165, 1.54) is 36.4 Å². The maximum atomic E-state index is 13.1. The van der Waals surface area contributed by atoms with E-state index in [0.717, 1.165) is 28.0 Å². The maximum Gasteiger partial charge on any atom is 0.333 e. The smallest absolute Gasteiger partial charge is 0.333 e. The zero-order chi connectivity index (χ0) is 25.4. The standard InChI is InChI=1S/C22H17ClN6O5S2/c23-17-7-8-18(35-17)36(33,34)28-21(31)26-13-2-4-14(5-3-13)29-20(30)15-6-1-12(19-24-9-10-25-19)11-16(15)27-22(29)32/h1-8,11H,9-10H2,(H,24,25)(H,27,32)(H2,26,28,31). The lowest BCUT2D eigenvalue weighted by Gasteiger charge is -2.10. The third kappa shape index (κ3) is 4.63. The molecule has 0 bridgehead atoms. The molecule has 184 valence electrons. The van der Waals surface area contributed by atoms with E-state index >= 15 is 0 Å². The molecule has 1 aliphatic rings. The largest absolute Gasteiger partial charge is 0.368 e. The predicted molar refractivity (Wildman–Crippen MR) is 138 cm³/mol. The van der Waals surface area contributed by atoms with Gasteiger partial charge in [0.1, 0.15) is 10.0 Å². The van der Waals surface area contributed by atoms with E-state index in [-0.39, 0.29) is 19.9 Å². The Morgan fingerprint density at radius 3 is 2.53 bits per heavy atom. The number of carbonyl (C=O) groups excluding carboxylic acids is 1. The van der Waals surface area contributed by atoms with Crippen LogP contribution in [0.25, 0.3) is 16.6 Å². The number of amidine groups is 1. The number of nitrogens with zero attached hydrogens (tertiary/aromatic N) is 2. The van der Waals surface area contributed by atoms with Gasteiger partial charge in [0.2, 0.25) is 0 Å². The number of thiophene rings is 1. The Morgan fingerprint density at radius 2 is 1.86 bits per heavy atom. The van der Waals surface area contributed by atoms with Crippen LogP contribution in [0.4, 0.5) is 10.5 Å². The van der Waals surface area contributed by atoms with E-state index in [0.29, 0.717) is 23.3 Å². The molecule has 0 spiro atoms. The van der Waals surface area contributed by atoms with E-state index in [1.54, 1.807) is 18.2 Å². The molecule has 0 radical (unpaired) electrons. The first-order chi connectivity index (χ1) is 17.2. The summed E-state index contributed by atoms with van der Waals surface area (Å²) in [5.74, 6) is 0.709. The number of fused-ring (bicyclic) bond motifs is 1. The Morgan fingerprint density at radius 1 is 1.08 bits per heavy atom. The molecule has 0 unspecified atom stereocenters. The lowest BCUT2D eigenvalue weighted by molar-refractivity contribution is 0.256. The first-order valence-electron chi connectivity index (χ1n) is 10.5. The van der Waals surface area contributed by atoms with E-state index in [4.69, 9.17) is 11.6 Å². The number of H-pyrrole nitrogens is 1. The van der Waals surface area contributed by atoms with Crippen molar-refractivity contribution in [3.63, 3.8) is 0 Å². The molecular weight excluding hydrogens is 528 g/mol. The molecule has 36 heavy (non-hydrogen) atoms. The summed E-state index contributed by atoms with van der Waals surface area (Å²) in [6.45, 7) is 1.40. The number of aromatic amines is 1. The number of urea groups is 1. The number of anilines is 1. The molecule has 5 rings (SSSR count). The van der Waals surface area contributed by atoms with Crippen molar-refractivity contribution in [2.45, 2.75) is 4.21 Å². The van der Waals surface area contributed by atoms with Crippen LogP contribution < -0.4 is 26.6 Å². The van der Waals surface area contributed by atoms with Crippen molar-refractivity contribution in [2.24, 2.45) is 4.99 Å². The van der Waals surface area contributed by atoms with Crippen molar-refractivity contribution in [3.05, 3.63) is 85.3 Å². The minimum Gasteiger partial charge on any atom is -0.368 e. The molecule has 2 amide bonds. The fourth-order valence-electron chi connectivity index (χ4n) is 3.66. The van der Waals surface area contributed by atoms with Crippen molar-refractivity contribution in [1.29, 1.82) is 0 Å². The topological polar surface area (TPSA) is 155 Å². The van der Waals surface area contributed by atoms with Gasteiger partial charge < -0.3 is 15.6 Å². The second-order valence-corrected chi connectivity index (χ2v) is 11.3. The second-order valence-electron chi connectivity index (χ2n) is 7.65. The SMILES string of the molecule is O=C(Nc1ccc(-n2c(=O)[nH]c3cc(C4=NCCN4)ccc3c2=O)cc1)NS(=O)(=O)c1ccc(Cl)s1. The van der Waals surface area contributed by atoms with Gasteiger partial charge in [0.05, 0.1) is 27.5 Å². The van der Waals surface area contributed by atoms with E-state index < -0.39 is 27.3 Å². The van der Waals surface area contributed by atoms with Gasteiger partial charge in [0, 0.05) is 17.8 Å². The number of rotatable bonds is 5. The number of benzene rings is 2. The lowest BCUT2D eigenvalue weighted by atomic mass is 10.1. The second kappa shape index (κ2) is 9.26. The van der Waals surface area contributed by atoms with Crippen molar-refractivity contribution < 1.29 is 13.2 Å². The Hall–Kier alpha value is -3.94. The van der Waals surface area contributed by atoms with Crippen LogP contribution in [0.1, 0.15) is 5.56 Å². The molecule has 2 aromatic carbocycles. The number of aliphatic imine (C=N–C) groups is 1. The summed E-state index contributed by atoms with van der Waals surface area (Å²) in [4.78, 5) is 45.1. The fourth-order valence-corrected chi connectivity index (χ4v) is 6.05. The highest BCUT2D eigenvalue weighted by molar-refractivity contribution is 7.92. The zero-order valence-corrected chi connectivity index (χ0v) is 20.6. The van der Waals surface area contributed by atoms with Gasteiger partial charge in [0.25, 0.3) is 15.6 Å². The average Bonchev–Trinajstić information content (AvgIpc) is 3.52. The summed E-state index contributed by atoms with van der Waals surface area (Å²) < 4.78 is 27.5. The number of sulfonamides is 1. The first kappa shape index (κ1) is 23.8. The highest BCUT2D eigenvalue weighted by atomic mass is 35.5. The van der Waals surface area contributed by atoms with Gasteiger partial charge in [-0.2, -0.15) is 0 Å². The van der Waals surface area contributed by atoms with Crippen molar-refractivity contribution in [1.82, 2.24) is 19.6 Å². The number of halogens is 1. The number of carbonyl (C=O) groups is 1. The molecule has 2 aromatic heterocycles. The Labute approximate surface area is 212 Å². The number of hydrogen-bond acceptors (Lipinski definition) is 8. The van der Waals surface area contributed by atoms with Crippen molar-refractivity contribution >= 4 is 61.4 Å². The highest BCUT2D eigenvalue weighted by Crippen LogP contribution is 2.25. The van der Waals surface area contributed by atoms with Gasteiger partial charge in [-0.05, 0) is 48.5 Å². The molecule has 0 atom stereocenters. The number of aromatic nitrogens is 2. The normalized spacial score (nSPS) is 13.3. The monoisotopic (exact) mass is 544 g/mol. The molecule has 0 fully saturated rings. The third-order valence-electron chi connectivity index (χ3n) is 5.27. The summed E-state index contributed by atoms with van der Waals surface area (Å²) in [5.41, 5.74) is 0.520. The van der Waals surface area contributed by atoms with Crippen LogP contribution in [-0.2, 0) is 10.0 Å². The molecule has 0 saturated carbocycles. The Kier molecular flexibility index (Phi) is 6.12. The van der Waals surface area contributed by atoms with Gasteiger partial charge in [-0.15, -0.1) is 11.3 Å². The van der Waals surface area contributed by atoms with Crippen LogP contribution in [0.2, 0.25) is 4.34 Å². The number of nitrogens with one attached hydrogen (secondary N) is 4. The van der Waals surface area contributed by atoms with Crippen LogP contribution >= 0.6 is 22.9 Å². The molecule has 3 heterocycles. The summed E-state index contributed by atoms with van der Waals surface area (Å²) >= 11 is 6.57. The summed E-state index contributed by atoms with van der Waals surface area (Å²) in [6, 6.07) is 12.6. The summed E-state index contributed by atoms with van der Waals surface area (Å²) in [6.07, 6.45) is 0. The molecule has 11 nitrogen and oxygen atoms in total. The third-order valence-corrected chi connectivity index (χ3v) is 8.32. The van der Waals surface area contributed by atoms with E-state index in [2.05, 4.69) is 20.6 Å². The van der Waals surface area contributed by atoms with Gasteiger partial charge in [0.15, 0.2) is 0 Å². The number of amides is 2. The lowest BCUT2D eigenvalue weighted by Crippen LogP contribution is -2.34. The van der Waals surface area contributed by atoms with Crippen LogP contribution in [-0.4, -0.2) is 42.9 Å².